The van der Waals surface area contributed by atoms with E-state index in [0.717, 1.165) is 37.5 Å². The molecule has 2 aliphatic heterocycles. The number of amides is 1. The molecule has 0 aliphatic carbocycles. The molecule has 0 saturated carbocycles. The van der Waals surface area contributed by atoms with Gasteiger partial charge in [-0.1, -0.05) is 19.4 Å². The molecule has 4 nitrogen and oxygen atoms in total. The SMILES string of the molecule is CCCC1CCN(C(=O)c2cccc3c2OCCN3)C1. The van der Waals surface area contributed by atoms with Crippen LogP contribution in [-0.2, 0) is 0 Å². The number of rotatable bonds is 3. The first-order valence-electron chi connectivity index (χ1n) is 7.58. The maximum Gasteiger partial charge on any atom is 0.257 e. The van der Waals surface area contributed by atoms with Gasteiger partial charge < -0.3 is 15.0 Å². The van der Waals surface area contributed by atoms with Crippen LogP contribution in [0.5, 0.6) is 5.75 Å². The zero-order valence-corrected chi connectivity index (χ0v) is 12.0. The molecule has 0 aromatic heterocycles. The maximum absolute atomic E-state index is 12.7. The van der Waals surface area contributed by atoms with Gasteiger partial charge in [-0.2, -0.15) is 0 Å². The van der Waals surface area contributed by atoms with Crippen LogP contribution in [0, 0.1) is 5.92 Å². The van der Waals surface area contributed by atoms with Crippen molar-refractivity contribution in [2.75, 3.05) is 31.6 Å². The number of benzene rings is 1. The van der Waals surface area contributed by atoms with Crippen LogP contribution in [-0.4, -0.2) is 37.0 Å². The van der Waals surface area contributed by atoms with Crippen LogP contribution < -0.4 is 10.1 Å². The lowest BCUT2D eigenvalue weighted by Gasteiger charge is -2.23. The van der Waals surface area contributed by atoms with Gasteiger partial charge in [0.1, 0.15) is 6.61 Å². The summed E-state index contributed by atoms with van der Waals surface area (Å²) in [6.45, 7) is 5.39. The van der Waals surface area contributed by atoms with Crippen LogP contribution in [0.15, 0.2) is 18.2 Å². The first kappa shape index (κ1) is 13.3. The van der Waals surface area contributed by atoms with Crippen molar-refractivity contribution in [2.45, 2.75) is 26.2 Å². The number of ether oxygens (including phenoxy) is 1. The Hall–Kier alpha value is -1.71. The molecule has 2 heterocycles. The van der Waals surface area contributed by atoms with Crippen LogP contribution in [0.1, 0.15) is 36.5 Å². The van der Waals surface area contributed by atoms with Gasteiger partial charge in [0, 0.05) is 19.6 Å². The summed E-state index contributed by atoms with van der Waals surface area (Å²) in [4.78, 5) is 14.7. The van der Waals surface area contributed by atoms with Crippen molar-refractivity contribution in [2.24, 2.45) is 5.92 Å². The molecule has 1 aromatic rings. The smallest absolute Gasteiger partial charge is 0.257 e. The molecule has 1 saturated heterocycles. The van der Waals surface area contributed by atoms with E-state index >= 15 is 0 Å². The van der Waals surface area contributed by atoms with E-state index in [1.54, 1.807) is 0 Å². The Morgan fingerprint density at radius 2 is 2.40 bits per heavy atom. The van der Waals surface area contributed by atoms with Gasteiger partial charge in [0.15, 0.2) is 5.75 Å². The van der Waals surface area contributed by atoms with E-state index in [9.17, 15) is 4.79 Å². The second kappa shape index (κ2) is 5.73. The molecule has 1 aromatic carbocycles. The topological polar surface area (TPSA) is 41.6 Å². The lowest BCUT2D eigenvalue weighted by molar-refractivity contribution is 0.0782. The summed E-state index contributed by atoms with van der Waals surface area (Å²) in [5, 5.41) is 3.28. The average Bonchev–Trinajstić information content (AvgIpc) is 2.95. The molecule has 1 atom stereocenters. The van der Waals surface area contributed by atoms with Gasteiger partial charge in [0.25, 0.3) is 5.91 Å². The van der Waals surface area contributed by atoms with Crippen LogP contribution in [0.4, 0.5) is 5.69 Å². The number of para-hydroxylation sites is 1. The van der Waals surface area contributed by atoms with Gasteiger partial charge in [-0.25, -0.2) is 0 Å². The van der Waals surface area contributed by atoms with Crippen molar-refractivity contribution < 1.29 is 9.53 Å². The quantitative estimate of drug-likeness (QED) is 0.921. The average molecular weight is 274 g/mol. The zero-order valence-electron chi connectivity index (χ0n) is 12.0. The summed E-state index contributed by atoms with van der Waals surface area (Å²) in [7, 11) is 0. The van der Waals surface area contributed by atoms with Gasteiger partial charge in [0.2, 0.25) is 0 Å². The Kier molecular flexibility index (Phi) is 3.81. The molecule has 0 bridgehead atoms. The van der Waals surface area contributed by atoms with E-state index in [-0.39, 0.29) is 5.91 Å². The molecule has 3 rings (SSSR count). The highest BCUT2D eigenvalue weighted by atomic mass is 16.5. The fourth-order valence-electron chi connectivity index (χ4n) is 3.17. The second-order valence-corrected chi connectivity index (χ2v) is 5.65. The molecule has 20 heavy (non-hydrogen) atoms. The van der Waals surface area contributed by atoms with Crippen molar-refractivity contribution in [3.63, 3.8) is 0 Å². The zero-order chi connectivity index (χ0) is 13.9. The number of carbonyl (C=O) groups excluding carboxylic acids is 1. The summed E-state index contributed by atoms with van der Waals surface area (Å²) < 4.78 is 5.70. The third-order valence-corrected chi connectivity index (χ3v) is 4.18. The van der Waals surface area contributed by atoms with Crippen molar-refractivity contribution in [1.82, 2.24) is 4.90 Å². The summed E-state index contributed by atoms with van der Waals surface area (Å²) in [5.41, 5.74) is 1.64. The van der Waals surface area contributed by atoms with Gasteiger partial charge in [0.05, 0.1) is 11.3 Å². The highest BCUT2D eigenvalue weighted by Gasteiger charge is 2.29. The van der Waals surface area contributed by atoms with Gasteiger partial charge in [-0.15, -0.1) is 0 Å². The van der Waals surface area contributed by atoms with E-state index in [1.807, 2.05) is 23.1 Å². The molecule has 2 aliphatic rings. The molecule has 1 unspecified atom stereocenters. The lowest BCUT2D eigenvalue weighted by Crippen LogP contribution is -2.30. The molecule has 4 heteroatoms. The Bertz CT molecular complexity index is 501. The van der Waals surface area contributed by atoms with Gasteiger partial charge in [-0.05, 0) is 30.9 Å². The molecule has 0 spiro atoms. The Labute approximate surface area is 120 Å². The minimum absolute atomic E-state index is 0.115. The highest BCUT2D eigenvalue weighted by Crippen LogP contribution is 2.33. The minimum atomic E-state index is 0.115. The summed E-state index contributed by atoms with van der Waals surface area (Å²) in [5.74, 6) is 1.51. The fraction of sp³-hybridized carbons (Fsp3) is 0.562. The van der Waals surface area contributed by atoms with Crippen LogP contribution in [0.25, 0.3) is 0 Å². The molecular weight excluding hydrogens is 252 g/mol. The number of carbonyl (C=O) groups is 1. The molecule has 1 amide bonds. The number of hydrogen-bond acceptors (Lipinski definition) is 3. The normalized spacial score (nSPS) is 21.1. The Balaban J connectivity index is 1.78. The Morgan fingerprint density at radius 3 is 3.25 bits per heavy atom. The van der Waals surface area contributed by atoms with Crippen molar-refractivity contribution >= 4 is 11.6 Å². The Morgan fingerprint density at radius 1 is 1.50 bits per heavy atom. The second-order valence-electron chi connectivity index (χ2n) is 5.65. The van der Waals surface area contributed by atoms with E-state index in [0.29, 0.717) is 18.1 Å². The summed E-state index contributed by atoms with van der Waals surface area (Å²) in [6.07, 6.45) is 3.54. The molecular formula is C16H22N2O2. The third-order valence-electron chi connectivity index (χ3n) is 4.18. The predicted octanol–water partition coefficient (Wildman–Crippen LogP) is 2.75. The maximum atomic E-state index is 12.7. The standard InChI is InChI=1S/C16H22N2O2/c1-2-4-12-7-9-18(11-12)16(19)13-5-3-6-14-15(13)20-10-8-17-14/h3,5-6,12,17H,2,4,7-11H2,1H3. The number of anilines is 1. The largest absolute Gasteiger partial charge is 0.489 e. The van der Waals surface area contributed by atoms with Gasteiger partial charge in [-0.3, -0.25) is 4.79 Å². The number of fused-ring (bicyclic) bond motifs is 1. The highest BCUT2D eigenvalue weighted by molar-refractivity contribution is 5.99. The molecule has 0 radical (unpaired) electrons. The number of likely N-dealkylation sites (tertiary alicyclic amines) is 1. The molecule has 108 valence electrons. The van der Waals surface area contributed by atoms with E-state index < -0.39 is 0 Å². The molecule has 1 fully saturated rings. The minimum Gasteiger partial charge on any atom is -0.489 e. The van der Waals surface area contributed by atoms with Crippen molar-refractivity contribution in [1.29, 1.82) is 0 Å². The summed E-state index contributed by atoms with van der Waals surface area (Å²) in [6, 6.07) is 5.77. The number of nitrogens with zero attached hydrogens (tertiary/aromatic N) is 1. The molecule has 1 N–H and O–H groups in total. The van der Waals surface area contributed by atoms with Gasteiger partial charge >= 0.3 is 0 Å². The first-order valence-corrected chi connectivity index (χ1v) is 7.58. The van der Waals surface area contributed by atoms with E-state index in [1.165, 1.54) is 12.8 Å². The monoisotopic (exact) mass is 274 g/mol. The van der Waals surface area contributed by atoms with E-state index in [2.05, 4.69) is 12.2 Å². The summed E-state index contributed by atoms with van der Waals surface area (Å²) >= 11 is 0. The van der Waals surface area contributed by atoms with E-state index in [4.69, 9.17) is 4.74 Å². The predicted molar refractivity (Wildman–Crippen MR) is 79.3 cm³/mol. The first-order chi connectivity index (χ1) is 9.79. The lowest BCUT2D eigenvalue weighted by atomic mass is 10.0. The number of hydrogen-bond donors (Lipinski definition) is 1. The third kappa shape index (κ3) is 2.47. The van der Waals surface area contributed by atoms with Crippen molar-refractivity contribution in [3.8, 4) is 5.75 Å². The van der Waals surface area contributed by atoms with Crippen LogP contribution in [0.3, 0.4) is 0 Å². The fourth-order valence-corrected chi connectivity index (χ4v) is 3.17. The van der Waals surface area contributed by atoms with Crippen LogP contribution >= 0.6 is 0 Å². The van der Waals surface area contributed by atoms with Crippen molar-refractivity contribution in [3.05, 3.63) is 23.8 Å². The van der Waals surface area contributed by atoms with Crippen LogP contribution in [0.2, 0.25) is 0 Å². The number of nitrogens with one attached hydrogen (secondary N) is 1.